The molecule has 1 aliphatic heterocycles. The first kappa shape index (κ1) is 22.8. The van der Waals surface area contributed by atoms with Crippen molar-refractivity contribution in [2.75, 3.05) is 18.6 Å². The van der Waals surface area contributed by atoms with E-state index in [-0.39, 0.29) is 28.5 Å². The van der Waals surface area contributed by atoms with Gasteiger partial charge in [0.05, 0.1) is 11.4 Å². The van der Waals surface area contributed by atoms with Gasteiger partial charge in [0.15, 0.2) is 4.96 Å². The van der Waals surface area contributed by atoms with Crippen LogP contribution >= 0.6 is 11.3 Å². The van der Waals surface area contributed by atoms with Crippen LogP contribution in [0, 0.1) is 5.82 Å². The lowest BCUT2D eigenvalue weighted by Crippen LogP contribution is -2.49. The van der Waals surface area contributed by atoms with Crippen molar-refractivity contribution >= 4 is 33.8 Å². The zero-order valence-corrected chi connectivity index (χ0v) is 18.8. The highest BCUT2D eigenvalue weighted by Gasteiger charge is 2.38. The van der Waals surface area contributed by atoms with E-state index in [0.29, 0.717) is 22.8 Å². The van der Waals surface area contributed by atoms with Gasteiger partial charge in [-0.25, -0.2) is 9.37 Å². The monoisotopic (exact) mass is 504 g/mol. The van der Waals surface area contributed by atoms with E-state index in [0.717, 1.165) is 22.7 Å². The van der Waals surface area contributed by atoms with E-state index < -0.39 is 34.7 Å². The summed E-state index contributed by atoms with van der Waals surface area (Å²) >= 11 is 0.363. The van der Waals surface area contributed by atoms with Crippen LogP contribution in [-0.2, 0) is 11.0 Å². The number of nitrogens with one attached hydrogen (secondary N) is 1. The van der Waals surface area contributed by atoms with Crippen molar-refractivity contribution in [3.8, 4) is 17.0 Å². The fraction of sp³-hybridized carbons (Fsp3) is 0.174. The van der Waals surface area contributed by atoms with Gasteiger partial charge in [0, 0.05) is 18.8 Å². The molecule has 0 aliphatic carbocycles. The average molecular weight is 504 g/mol. The van der Waals surface area contributed by atoms with Gasteiger partial charge in [0.1, 0.15) is 34.8 Å². The van der Waals surface area contributed by atoms with Crippen LogP contribution < -0.4 is 15.0 Å². The molecule has 0 bridgehead atoms. The highest BCUT2D eigenvalue weighted by atomic mass is 32.1. The zero-order valence-electron chi connectivity index (χ0n) is 18.0. The van der Waals surface area contributed by atoms with Crippen LogP contribution in [0.5, 0.6) is 5.75 Å². The summed E-state index contributed by atoms with van der Waals surface area (Å²) in [5.41, 5.74) is 0.222. The predicted octanol–water partition coefficient (Wildman–Crippen LogP) is 4.37. The maximum absolute atomic E-state index is 13.7. The third-order valence-electron chi connectivity index (χ3n) is 5.50. The summed E-state index contributed by atoms with van der Waals surface area (Å²) < 4.78 is 61.2. The summed E-state index contributed by atoms with van der Waals surface area (Å²) in [6, 6.07) is 10.4. The smallest absolute Gasteiger partial charge is 0.427 e. The van der Waals surface area contributed by atoms with E-state index in [1.54, 1.807) is 31.3 Å². The van der Waals surface area contributed by atoms with E-state index in [2.05, 4.69) is 10.3 Å². The lowest BCUT2D eigenvalue weighted by molar-refractivity contribution is -0.134. The molecule has 4 aromatic rings. The number of hydrogen-bond donors (Lipinski definition) is 1. The lowest BCUT2D eigenvalue weighted by Gasteiger charge is -2.20. The van der Waals surface area contributed by atoms with E-state index in [1.165, 1.54) is 17.0 Å². The fourth-order valence-corrected chi connectivity index (χ4v) is 4.81. The van der Waals surface area contributed by atoms with E-state index in [4.69, 9.17) is 4.74 Å². The summed E-state index contributed by atoms with van der Waals surface area (Å²) in [4.78, 5) is 30.2. The van der Waals surface area contributed by atoms with Crippen LogP contribution in [0.3, 0.4) is 0 Å². The molecule has 0 saturated carbocycles. The largest absolute Gasteiger partial charge is 0.489 e. The Morgan fingerprint density at radius 1 is 1.17 bits per heavy atom. The second-order valence-corrected chi connectivity index (χ2v) is 8.74. The number of halogens is 4. The Balaban J connectivity index is 1.46. The number of rotatable bonds is 3. The third kappa shape index (κ3) is 4.09. The van der Waals surface area contributed by atoms with Gasteiger partial charge >= 0.3 is 6.18 Å². The summed E-state index contributed by atoms with van der Waals surface area (Å²) in [6.07, 6.45) is -3.52. The number of para-hydroxylation sites is 2. The number of ether oxygens (including phenoxy) is 1. The lowest BCUT2D eigenvalue weighted by atomic mass is 10.1. The number of nitrogens with zero attached hydrogens (tertiary/aromatic N) is 3. The summed E-state index contributed by atoms with van der Waals surface area (Å²) in [6.45, 7) is -0.132. The molecule has 1 atom stereocenters. The molecule has 2 amide bonds. The van der Waals surface area contributed by atoms with Crippen molar-refractivity contribution in [3.63, 3.8) is 0 Å². The number of likely N-dealkylation sites (N-methyl/N-ethyl adjacent to an activating group) is 1. The normalized spacial score (nSPS) is 16.1. The molecule has 2 aromatic carbocycles. The molecule has 2 aromatic heterocycles. The van der Waals surface area contributed by atoms with Crippen LogP contribution in [0.15, 0.2) is 54.7 Å². The Labute approximate surface area is 199 Å². The van der Waals surface area contributed by atoms with Crippen molar-refractivity contribution in [2.24, 2.45) is 0 Å². The molecule has 1 N–H and O–H groups in total. The number of carbonyl (C=O) groups excluding carboxylic acids is 2. The van der Waals surface area contributed by atoms with Gasteiger partial charge in [-0.2, -0.15) is 13.2 Å². The maximum atomic E-state index is 13.7. The topological polar surface area (TPSA) is 75.9 Å². The van der Waals surface area contributed by atoms with E-state index in [1.807, 2.05) is 0 Å². The van der Waals surface area contributed by atoms with E-state index >= 15 is 0 Å². The first-order valence-electron chi connectivity index (χ1n) is 10.3. The van der Waals surface area contributed by atoms with Crippen LogP contribution in [0.4, 0.5) is 23.2 Å². The molecule has 7 nitrogen and oxygen atoms in total. The molecule has 0 spiro atoms. The minimum Gasteiger partial charge on any atom is -0.489 e. The maximum Gasteiger partial charge on any atom is 0.427 e. The minimum atomic E-state index is -4.68. The molecular weight excluding hydrogens is 488 g/mol. The average Bonchev–Trinajstić information content (AvgIpc) is 3.37. The number of benzene rings is 2. The first-order chi connectivity index (χ1) is 16.6. The van der Waals surface area contributed by atoms with Crippen molar-refractivity contribution in [3.05, 3.63) is 71.1 Å². The quantitative estimate of drug-likeness (QED) is 0.421. The van der Waals surface area contributed by atoms with E-state index in [9.17, 15) is 27.2 Å². The number of fused-ring (bicyclic) bond motifs is 2. The number of aromatic nitrogens is 2. The Bertz CT molecular complexity index is 1450. The third-order valence-corrected chi connectivity index (χ3v) is 6.60. The zero-order chi connectivity index (χ0) is 24.9. The van der Waals surface area contributed by atoms with Crippen molar-refractivity contribution < 1.29 is 31.9 Å². The van der Waals surface area contributed by atoms with Crippen molar-refractivity contribution in [1.29, 1.82) is 0 Å². The van der Waals surface area contributed by atoms with Crippen molar-refractivity contribution in [1.82, 2.24) is 14.7 Å². The molecule has 0 fully saturated rings. The Kier molecular flexibility index (Phi) is 5.47. The van der Waals surface area contributed by atoms with Crippen molar-refractivity contribution in [2.45, 2.75) is 12.2 Å². The number of anilines is 1. The summed E-state index contributed by atoms with van der Waals surface area (Å²) in [5, 5.41) is 2.55. The van der Waals surface area contributed by atoms with Gasteiger partial charge in [-0.05, 0) is 36.4 Å². The number of alkyl halides is 3. The number of imidazole rings is 1. The molecule has 3 heterocycles. The van der Waals surface area contributed by atoms with Gasteiger partial charge in [-0.15, -0.1) is 0 Å². The molecule has 0 saturated heterocycles. The molecule has 12 heteroatoms. The van der Waals surface area contributed by atoms with Gasteiger partial charge in [-0.3, -0.25) is 14.0 Å². The van der Waals surface area contributed by atoms with Crippen LogP contribution in [0.2, 0.25) is 0 Å². The number of amides is 2. The SMILES string of the molecule is CN1C(=O)[C@@H](NC(=O)c2cn3c(-c4ccc(F)cc4)c(C(F)(F)F)sc3n2)COc2ccccc21. The van der Waals surface area contributed by atoms with Crippen LogP contribution in [0.25, 0.3) is 16.2 Å². The molecule has 5 rings (SSSR count). The minimum absolute atomic E-state index is 0.0743. The Morgan fingerprint density at radius 3 is 2.60 bits per heavy atom. The first-order valence-corrected chi connectivity index (χ1v) is 11.1. The predicted molar refractivity (Wildman–Crippen MR) is 120 cm³/mol. The second-order valence-electron chi connectivity index (χ2n) is 7.77. The summed E-state index contributed by atoms with van der Waals surface area (Å²) in [7, 11) is 1.55. The fourth-order valence-electron chi connectivity index (χ4n) is 3.81. The number of thiazole rings is 1. The molecule has 180 valence electrons. The summed E-state index contributed by atoms with van der Waals surface area (Å²) in [5.74, 6) is -1.29. The molecule has 35 heavy (non-hydrogen) atoms. The molecule has 1 aliphatic rings. The molecule has 0 unspecified atom stereocenters. The second kappa shape index (κ2) is 8.38. The van der Waals surface area contributed by atoms with Crippen LogP contribution in [0.1, 0.15) is 15.4 Å². The van der Waals surface area contributed by atoms with Gasteiger partial charge in [0.25, 0.3) is 11.8 Å². The standard InChI is InChI=1S/C23H16F4N4O3S/c1-30-16-4-2-3-5-17(16)34-11-15(21(30)33)28-20(32)14-10-31-18(12-6-8-13(24)9-7-12)19(23(25,26)27)35-22(31)29-14/h2-10,15H,11H2,1H3,(H,28,32)/t15-/m0/s1. The Morgan fingerprint density at radius 2 is 1.89 bits per heavy atom. The Hall–Kier alpha value is -3.93. The molecular formula is C23H16F4N4O3S. The number of carbonyl (C=O) groups is 2. The highest BCUT2D eigenvalue weighted by molar-refractivity contribution is 7.17. The van der Waals surface area contributed by atoms with Crippen LogP contribution in [-0.4, -0.2) is 40.9 Å². The van der Waals surface area contributed by atoms with Gasteiger partial charge in [-0.1, -0.05) is 23.5 Å². The van der Waals surface area contributed by atoms with Gasteiger partial charge in [0.2, 0.25) is 0 Å². The van der Waals surface area contributed by atoms with Gasteiger partial charge < -0.3 is 15.0 Å². The highest BCUT2D eigenvalue weighted by Crippen LogP contribution is 2.42. The molecule has 0 radical (unpaired) electrons. The number of hydrogen-bond acceptors (Lipinski definition) is 5.